The zero-order valence-corrected chi connectivity index (χ0v) is 25.8. The van der Waals surface area contributed by atoms with Gasteiger partial charge in [-0.05, 0) is 82.0 Å². The van der Waals surface area contributed by atoms with Gasteiger partial charge in [-0.1, -0.05) is 115 Å². The first-order chi connectivity index (χ1) is 23.3. The summed E-state index contributed by atoms with van der Waals surface area (Å²) in [5.74, 6) is 0. The van der Waals surface area contributed by atoms with Gasteiger partial charge in [0.25, 0.3) is 6.71 Å². The molecule has 3 aliphatic heterocycles. The number of nitrogens with zero attached hydrogens (tertiary/aromatic N) is 2. The highest BCUT2D eigenvalue weighted by molar-refractivity contribution is 7.01. The summed E-state index contributed by atoms with van der Waals surface area (Å²) in [7, 11) is 0.867. The van der Waals surface area contributed by atoms with Gasteiger partial charge in [-0.2, -0.15) is 0 Å². The van der Waals surface area contributed by atoms with Crippen molar-refractivity contribution in [1.82, 2.24) is 0 Å². The van der Waals surface area contributed by atoms with Crippen LogP contribution >= 0.6 is 0 Å². The van der Waals surface area contributed by atoms with Crippen molar-refractivity contribution in [3.8, 4) is 11.1 Å². The molecule has 47 heavy (non-hydrogen) atoms. The van der Waals surface area contributed by atoms with Crippen LogP contribution < -0.4 is 42.4 Å². The van der Waals surface area contributed by atoms with E-state index < -0.39 is 0 Å². The third kappa shape index (κ3) is 3.90. The van der Waals surface area contributed by atoms with Gasteiger partial charge in [-0.15, -0.1) is 0 Å². The fourth-order valence-corrected chi connectivity index (χ4v) is 8.13. The minimum Gasteiger partial charge on any atom is -0.355 e. The lowest BCUT2D eigenvalue weighted by molar-refractivity contribution is 1.26. The van der Waals surface area contributed by atoms with Crippen LogP contribution in [0.2, 0.25) is 0 Å². The summed E-state index contributed by atoms with van der Waals surface area (Å²) in [6, 6.07) is 59.6. The molecule has 0 fully saturated rings. The monoisotopic (exact) mass is 597 g/mol. The molecule has 0 radical (unpaired) electrons. The molecule has 218 valence electrons. The van der Waals surface area contributed by atoms with Crippen LogP contribution in [0.4, 0.5) is 45.5 Å². The van der Waals surface area contributed by atoms with Gasteiger partial charge in [0.05, 0.1) is 0 Å². The van der Waals surface area contributed by atoms with Gasteiger partial charge >= 0.3 is 0 Å². The van der Waals surface area contributed by atoms with Crippen molar-refractivity contribution in [3.05, 3.63) is 164 Å². The molecule has 7 aromatic carbocycles. The first-order valence-electron chi connectivity index (χ1n) is 16.4. The zero-order chi connectivity index (χ0) is 30.9. The van der Waals surface area contributed by atoms with E-state index in [9.17, 15) is 0 Å². The highest BCUT2D eigenvalue weighted by Crippen LogP contribution is 2.46. The first-order valence-corrected chi connectivity index (χ1v) is 16.4. The molecule has 3 heterocycles. The smallest absolute Gasteiger partial charge is 0.252 e. The van der Waals surface area contributed by atoms with Crippen LogP contribution in [0.1, 0.15) is 0 Å². The third-order valence-electron chi connectivity index (χ3n) is 10.0. The number of nitrogens with one attached hydrogen (secondary N) is 1. The molecular formula is C42H29B2N3. The Bertz CT molecular complexity index is 2330. The molecule has 0 saturated carbocycles. The van der Waals surface area contributed by atoms with Crippen molar-refractivity contribution >= 4 is 86.8 Å². The van der Waals surface area contributed by atoms with E-state index in [-0.39, 0.29) is 6.71 Å². The van der Waals surface area contributed by atoms with Gasteiger partial charge in [0.2, 0.25) is 0 Å². The number of hydrogen-bond donors (Lipinski definition) is 1. The van der Waals surface area contributed by atoms with Crippen molar-refractivity contribution in [2.45, 2.75) is 0 Å². The lowest BCUT2D eigenvalue weighted by Crippen LogP contribution is -2.64. The average molecular weight is 597 g/mol. The Morgan fingerprint density at radius 2 is 1.09 bits per heavy atom. The lowest BCUT2D eigenvalue weighted by atomic mass is 9.32. The van der Waals surface area contributed by atoms with Crippen molar-refractivity contribution in [2.24, 2.45) is 0 Å². The van der Waals surface area contributed by atoms with E-state index in [1.807, 2.05) is 0 Å². The Labute approximate surface area is 276 Å². The molecule has 0 spiro atoms. The number of hydrogen-bond acceptors (Lipinski definition) is 3. The van der Waals surface area contributed by atoms with Gasteiger partial charge in [0, 0.05) is 51.1 Å². The van der Waals surface area contributed by atoms with Gasteiger partial charge in [0.1, 0.15) is 0 Å². The molecule has 3 aliphatic rings. The van der Waals surface area contributed by atoms with Crippen LogP contribution in [0.3, 0.4) is 0 Å². The molecule has 0 atom stereocenters. The minimum absolute atomic E-state index is 0.124. The van der Waals surface area contributed by atoms with Crippen LogP contribution in [0.5, 0.6) is 0 Å². The number of benzene rings is 7. The maximum absolute atomic E-state index is 3.76. The number of para-hydroxylation sites is 6. The Morgan fingerprint density at radius 3 is 1.85 bits per heavy atom. The van der Waals surface area contributed by atoms with E-state index >= 15 is 0 Å². The van der Waals surface area contributed by atoms with Crippen LogP contribution in [0, 0.1) is 0 Å². The van der Waals surface area contributed by atoms with Gasteiger partial charge in [0.15, 0.2) is 7.28 Å². The molecule has 1 N–H and O–H groups in total. The van der Waals surface area contributed by atoms with Gasteiger partial charge in [-0.25, -0.2) is 0 Å². The van der Waals surface area contributed by atoms with E-state index in [0.717, 1.165) is 24.3 Å². The highest BCUT2D eigenvalue weighted by atomic mass is 15.2. The van der Waals surface area contributed by atoms with Crippen molar-refractivity contribution < 1.29 is 0 Å². The maximum Gasteiger partial charge on any atom is 0.252 e. The molecular weight excluding hydrogens is 568 g/mol. The van der Waals surface area contributed by atoms with Crippen molar-refractivity contribution in [2.75, 3.05) is 15.1 Å². The summed E-state index contributed by atoms with van der Waals surface area (Å²) < 4.78 is 0. The third-order valence-corrected chi connectivity index (χ3v) is 10.0. The van der Waals surface area contributed by atoms with E-state index in [1.54, 1.807) is 0 Å². The molecule has 3 nitrogen and oxygen atoms in total. The Hall–Kier alpha value is -5.93. The SMILES string of the molecule is B1c2ccccc2N2c3ccccc3B3c4ccccc4N(c4ccccc4)c4cc(-c5ccccc5Nc5ccccc5)c1c2c43. The summed E-state index contributed by atoms with van der Waals surface area (Å²) in [6.07, 6.45) is 0. The van der Waals surface area contributed by atoms with Crippen LogP contribution in [0.15, 0.2) is 164 Å². The molecule has 10 rings (SSSR count). The Kier molecular flexibility index (Phi) is 5.76. The Morgan fingerprint density at radius 1 is 0.489 bits per heavy atom. The summed E-state index contributed by atoms with van der Waals surface area (Å²) in [6.45, 7) is 0.124. The topological polar surface area (TPSA) is 18.5 Å². The molecule has 0 saturated heterocycles. The predicted octanol–water partition coefficient (Wildman–Crippen LogP) is 6.88. The van der Waals surface area contributed by atoms with Crippen molar-refractivity contribution in [3.63, 3.8) is 0 Å². The van der Waals surface area contributed by atoms with Gasteiger partial charge < -0.3 is 15.1 Å². The second kappa shape index (κ2) is 10.3. The van der Waals surface area contributed by atoms with Crippen LogP contribution in [-0.2, 0) is 0 Å². The second-order valence-electron chi connectivity index (χ2n) is 12.6. The van der Waals surface area contributed by atoms with E-state index in [4.69, 9.17) is 0 Å². The summed E-state index contributed by atoms with van der Waals surface area (Å²) in [5, 5.41) is 3.76. The van der Waals surface area contributed by atoms with Crippen LogP contribution in [-0.4, -0.2) is 14.0 Å². The van der Waals surface area contributed by atoms with Gasteiger partial charge in [-0.3, -0.25) is 0 Å². The zero-order valence-electron chi connectivity index (χ0n) is 25.8. The fraction of sp³-hybridized carbons (Fsp3) is 0. The second-order valence-corrected chi connectivity index (χ2v) is 12.6. The highest BCUT2D eigenvalue weighted by Gasteiger charge is 2.46. The molecule has 0 unspecified atom stereocenters. The molecule has 7 aromatic rings. The first kappa shape index (κ1) is 26.3. The summed E-state index contributed by atoms with van der Waals surface area (Å²) in [5.41, 5.74) is 18.9. The molecule has 0 bridgehead atoms. The van der Waals surface area contributed by atoms with Crippen LogP contribution in [0.25, 0.3) is 11.1 Å². The fourth-order valence-electron chi connectivity index (χ4n) is 8.13. The number of fused-ring (bicyclic) bond motifs is 7. The maximum atomic E-state index is 3.76. The largest absolute Gasteiger partial charge is 0.355 e. The molecule has 0 aromatic heterocycles. The minimum atomic E-state index is 0.124. The normalized spacial score (nSPS) is 13.1. The molecule has 5 heteroatoms. The average Bonchev–Trinajstić information content (AvgIpc) is 3.14. The van der Waals surface area contributed by atoms with E-state index in [1.165, 1.54) is 66.9 Å². The number of anilines is 8. The predicted molar refractivity (Wildman–Crippen MR) is 202 cm³/mol. The molecule has 0 amide bonds. The summed E-state index contributed by atoms with van der Waals surface area (Å²) >= 11 is 0. The van der Waals surface area contributed by atoms with Crippen molar-refractivity contribution in [1.29, 1.82) is 0 Å². The Balaban J connectivity index is 1.33. The lowest BCUT2D eigenvalue weighted by Gasteiger charge is -2.47. The number of rotatable bonds is 4. The quantitative estimate of drug-likeness (QED) is 0.223. The van der Waals surface area contributed by atoms with E-state index in [0.29, 0.717) is 0 Å². The molecule has 0 aliphatic carbocycles. The summed E-state index contributed by atoms with van der Waals surface area (Å²) in [4.78, 5) is 5.05. The standard InChI is InChI=1S/C42H29B2N3/c1-3-15-28(16-4-1)45-35-23-11-7-19-30(35)31-27-39-41-42-40(31)43-32-20-8-12-24-36(32)47(42)38-26-14-10-22-34(38)44(41)33-21-9-13-25-37(33)46(39)29-17-5-2-6-18-29/h1-27,43,45H. The van der Waals surface area contributed by atoms with E-state index in [2.05, 4.69) is 179 Å².